The zero-order valence-electron chi connectivity index (χ0n) is 13.0. The second-order valence-electron chi connectivity index (χ2n) is 7.17. The number of nitrogens with zero attached hydrogens (tertiary/aromatic N) is 2. The Balaban J connectivity index is 2.18. The fourth-order valence-corrected chi connectivity index (χ4v) is 3.12. The molecule has 0 saturated carbocycles. The number of carboxylic acid groups (broad SMARTS) is 1. The maximum atomic E-state index is 11.5. The lowest BCUT2D eigenvalue weighted by molar-refractivity contribution is 0.0318. The molecular formula is C16H25N3O2. The number of pyridine rings is 1. The minimum absolute atomic E-state index is 0.0718. The van der Waals surface area contributed by atoms with Crippen molar-refractivity contribution in [3.8, 4) is 0 Å². The largest absolute Gasteiger partial charge is 0.465 e. The van der Waals surface area contributed by atoms with Gasteiger partial charge in [-0.25, -0.2) is 4.79 Å². The lowest BCUT2D eigenvalue weighted by Crippen LogP contribution is -2.60. The van der Waals surface area contributed by atoms with Gasteiger partial charge in [0.2, 0.25) is 0 Å². The van der Waals surface area contributed by atoms with Crippen molar-refractivity contribution in [1.82, 2.24) is 9.88 Å². The lowest BCUT2D eigenvalue weighted by atomic mass is 9.72. The summed E-state index contributed by atoms with van der Waals surface area (Å²) in [5.41, 5.74) is 7.03. The maximum Gasteiger partial charge on any atom is 0.407 e. The highest BCUT2D eigenvalue weighted by atomic mass is 16.4. The second-order valence-corrected chi connectivity index (χ2v) is 7.17. The summed E-state index contributed by atoms with van der Waals surface area (Å²) in [6.45, 7) is 6.70. The summed E-state index contributed by atoms with van der Waals surface area (Å²) < 4.78 is 0. The van der Waals surface area contributed by atoms with Gasteiger partial charge < -0.3 is 15.7 Å². The fraction of sp³-hybridized carbons (Fsp3) is 0.625. The number of piperidine rings is 1. The third kappa shape index (κ3) is 3.73. The van der Waals surface area contributed by atoms with E-state index in [2.05, 4.69) is 25.8 Å². The number of amides is 1. The van der Waals surface area contributed by atoms with E-state index in [1.54, 1.807) is 11.1 Å². The molecule has 0 bridgehead atoms. The number of nitrogens with two attached hydrogens (primary N) is 1. The molecule has 2 rings (SSSR count). The first-order valence-electron chi connectivity index (χ1n) is 7.40. The molecule has 0 spiro atoms. The quantitative estimate of drug-likeness (QED) is 0.877. The van der Waals surface area contributed by atoms with Crippen LogP contribution in [0.15, 0.2) is 24.4 Å². The molecule has 0 radical (unpaired) electrons. The average Bonchev–Trinajstić information content (AvgIpc) is 2.38. The van der Waals surface area contributed by atoms with Crippen LogP contribution in [0.1, 0.15) is 39.3 Å². The minimum Gasteiger partial charge on any atom is -0.465 e. The molecular weight excluding hydrogens is 266 g/mol. The summed E-state index contributed by atoms with van der Waals surface area (Å²) in [6.07, 6.45) is 2.94. The maximum absolute atomic E-state index is 11.5. The van der Waals surface area contributed by atoms with Crippen LogP contribution >= 0.6 is 0 Å². The van der Waals surface area contributed by atoms with E-state index in [0.29, 0.717) is 25.8 Å². The fourth-order valence-electron chi connectivity index (χ4n) is 3.12. The van der Waals surface area contributed by atoms with Crippen LogP contribution in [-0.2, 0) is 6.42 Å². The second kappa shape index (κ2) is 5.64. The average molecular weight is 291 g/mol. The molecule has 1 amide bonds. The Kier molecular flexibility index (Phi) is 4.23. The van der Waals surface area contributed by atoms with Crippen LogP contribution in [0.4, 0.5) is 4.79 Å². The summed E-state index contributed by atoms with van der Waals surface area (Å²) in [4.78, 5) is 17.3. The van der Waals surface area contributed by atoms with Crippen LogP contribution in [0.25, 0.3) is 0 Å². The Morgan fingerprint density at radius 2 is 2.24 bits per heavy atom. The van der Waals surface area contributed by atoms with Crippen LogP contribution in [0.2, 0.25) is 0 Å². The van der Waals surface area contributed by atoms with Crippen LogP contribution in [-0.4, -0.2) is 39.2 Å². The van der Waals surface area contributed by atoms with E-state index in [4.69, 9.17) is 5.73 Å². The lowest BCUT2D eigenvalue weighted by Gasteiger charge is -2.48. The van der Waals surface area contributed by atoms with Gasteiger partial charge in [0.25, 0.3) is 0 Å². The van der Waals surface area contributed by atoms with Gasteiger partial charge in [-0.2, -0.15) is 0 Å². The molecule has 0 aliphatic carbocycles. The topological polar surface area (TPSA) is 79.5 Å². The van der Waals surface area contributed by atoms with E-state index < -0.39 is 11.6 Å². The molecule has 2 unspecified atom stereocenters. The molecule has 2 atom stereocenters. The zero-order valence-corrected chi connectivity index (χ0v) is 13.0. The van der Waals surface area contributed by atoms with Gasteiger partial charge in [0.15, 0.2) is 0 Å². The van der Waals surface area contributed by atoms with Gasteiger partial charge in [-0.05, 0) is 30.4 Å². The zero-order chi connectivity index (χ0) is 15.7. The minimum atomic E-state index is -0.852. The molecule has 1 saturated heterocycles. The first kappa shape index (κ1) is 15.8. The van der Waals surface area contributed by atoms with E-state index >= 15 is 0 Å². The molecule has 1 aromatic heterocycles. The Morgan fingerprint density at radius 3 is 2.76 bits per heavy atom. The molecule has 1 aromatic rings. The highest BCUT2D eigenvalue weighted by molar-refractivity contribution is 5.65. The van der Waals surface area contributed by atoms with Gasteiger partial charge in [0.05, 0.1) is 0 Å². The van der Waals surface area contributed by atoms with Gasteiger partial charge in [-0.15, -0.1) is 0 Å². The van der Waals surface area contributed by atoms with Crippen molar-refractivity contribution >= 4 is 6.09 Å². The molecule has 0 aromatic carbocycles. The number of aromatic nitrogens is 1. The molecule has 116 valence electrons. The van der Waals surface area contributed by atoms with Crippen LogP contribution < -0.4 is 5.73 Å². The Bertz CT molecular complexity index is 498. The van der Waals surface area contributed by atoms with Crippen LogP contribution in [0.5, 0.6) is 0 Å². The molecule has 5 nitrogen and oxygen atoms in total. The molecule has 5 heteroatoms. The number of hydrogen-bond donors (Lipinski definition) is 2. The SMILES string of the molecule is CC(C)(C)C1CC(N)(Cc2ccccn2)CCN1C(=O)O. The Labute approximate surface area is 126 Å². The molecule has 3 N–H and O–H groups in total. The Morgan fingerprint density at radius 1 is 1.52 bits per heavy atom. The third-order valence-corrected chi connectivity index (χ3v) is 4.33. The summed E-state index contributed by atoms with van der Waals surface area (Å²) in [6, 6.07) is 5.75. The van der Waals surface area contributed by atoms with Crippen molar-refractivity contribution in [2.45, 2.75) is 51.6 Å². The summed E-state index contributed by atoms with van der Waals surface area (Å²) in [5, 5.41) is 9.40. The van der Waals surface area contributed by atoms with Crippen molar-refractivity contribution in [2.24, 2.45) is 11.1 Å². The highest BCUT2D eigenvalue weighted by Gasteiger charge is 2.44. The number of hydrogen-bond acceptors (Lipinski definition) is 3. The molecule has 21 heavy (non-hydrogen) atoms. The number of rotatable bonds is 2. The van der Waals surface area contributed by atoms with Crippen LogP contribution in [0, 0.1) is 5.41 Å². The van der Waals surface area contributed by atoms with Crippen molar-refractivity contribution < 1.29 is 9.90 Å². The van der Waals surface area contributed by atoms with Gasteiger partial charge in [-0.1, -0.05) is 26.8 Å². The van der Waals surface area contributed by atoms with E-state index in [9.17, 15) is 9.90 Å². The van der Waals surface area contributed by atoms with Gasteiger partial charge in [0, 0.05) is 36.4 Å². The first-order chi connectivity index (χ1) is 9.71. The van der Waals surface area contributed by atoms with E-state index in [0.717, 1.165) is 5.69 Å². The Hall–Kier alpha value is -1.62. The summed E-state index contributed by atoms with van der Waals surface area (Å²) >= 11 is 0. The van der Waals surface area contributed by atoms with E-state index in [1.807, 2.05) is 18.2 Å². The monoisotopic (exact) mass is 291 g/mol. The highest BCUT2D eigenvalue weighted by Crippen LogP contribution is 2.36. The predicted octanol–water partition coefficient (Wildman–Crippen LogP) is 2.51. The molecule has 1 aliphatic rings. The third-order valence-electron chi connectivity index (χ3n) is 4.33. The molecule has 1 fully saturated rings. The van der Waals surface area contributed by atoms with Gasteiger partial charge >= 0.3 is 6.09 Å². The summed E-state index contributed by atoms with van der Waals surface area (Å²) in [7, 11) is 0. The van der Waals surface area contributed by atoms with Crippen molar-refractivity contribution in [3.63, 3.8) is 0 Å². The van der Waals surface area contributed by atoms with Crippen molar-refractivity contribution in [1.29, 1.82) is 0 Å². The smallest absolute Gasteiger partial charge is 0.407 e. The standard InChI is InChI=1S/C16H25N3O2/c1-15(2,3)13-11-16(17,7-9-19(13)14(20)21)10-12-6-4-5-8-18-12/h4-6,8,13H,7,9-11,17H2,1-3H3,(H,20,21). The van der Waals surface area contributed by atoms with Crippen molar-refractivity contribution in [2.75, 3.05) is 6.54 Å². The molecule has 1 aliphatic heterocycles. The van der Waals surface area contributed by atoms with E-state index in [-0.39, 0.29) is 11.5 Å². The predicted molar refractivity (Wildman–Crippen MR) is 82.1 cm³/mol. The van der Waals surface area contributed by atoms with Crippen molar-refractivity contribution in [3.05, 3.63) is 30.1 Å². The molecule has 2 heterocycles. The van der Waals surface area contributed by atoms with Gasteiger partial charge in [0.1, 0.15) is 0 Å². The summed E-state index contributed by atoms with van der Waals surface area (Å²) in [5.74, 6) is 0. The number of carbonyl (C=O) groups is 1. The van der Waals surface area contributed by atoms with Gasteiger partial charge in [-0.3, -0.25) is 4.98 Å². The van der Waals surface area contributed by atoms with E-state index in [1.165, 1.54) is 0 Å². The van der Waals surface area contributed by atoms with Crippen LogP contribution in [0.3, 0.4) is 0 Å². The normalized spacial score (nSPS) is 26.7. The first-order valence-corrected chi connectivity index (χ1v) is 7.40. The number of likely N-dealkylation sites (tertiary alicyclic amines) is 1.